The number of sulfone groups is 1. The Morgan fingerprint density at radius 1 is 1.06 bits per heavy atom. The quantitative estimate of drug-likeness (QED) is 0.270. The summed E-state index contributed by atoms with van der Waals surface area (Å²) in [5.41, 5.74) is 2.91. The van der Waals surface area contributed by atoms with Crippen LogP contribution >= 0.6 is 11.3 Å². The van der Waals surface area contributed by atoms with Crippen molar-refractivity contribution in [2.45, 2.75) is 56.8 Å². The van der Waals surface area contributed by atoms with Crippen LogP contribution in [0.1, 0.15) is 31.1 Å². The number of thiophene rings is 1. The topological polar surface area (TPSA) is 86.2 Å². The van der Waals surface area contributed by atoms with Crippen LogP contribution in [0.4, 0.5) is 0 Å². The molecule has 4 rings (SSSR count). The lowest BCUT2D eigenvalue weighted by molar-refractivity contribution is -0.154. The van der Waals surface area contributed by atoms with E-state index in [1.165, 1.54) is 24.6 Å². The first-order chi connectivity index (χ1) is 16.5. The molecular formula is C26H32N2O4S2Si. The number of ether oxygens (including phenoxy) is 1. The average molecular weight is 529 g/mol. The number of nitrogens with zero attached hydrogens (tertiary/aromatic N) is 2. The van der Waals surface area contributed by atoms with Gasteiger partial charge in [-0.05, 0) is 42.5 Å². The minimum atomic E-state index is -3.69. The Labute approximate surface area is 212 Å². The van der Waals surface area contributed by atoms with Crippen LogP contribution in [0.25, 0.3) is 21.6 Å². The van der Waals surface area contributed by atoms with Gasteiger partial charge in [0, 0.05) is 43.7 Å². The molecule has 0 aliphatic carbocycles. The maximum atomic E-state index is 13.7. The maximum Gasteiger partial charge on any atom is 0.304 e. The van der Waals surface area contributed by atoms with Crippen LogP contribution in [0.5, 0.6) is 0 Å². The van der Waals surface area contributed by atoms with Crippen LogP contribution in [0, 0.1) is 5.92 Å². The molecule has 2 atom stereocenters. The molecule has 9 heteroatoms. The predicted octanol–water partition coefficient (Wildman–Crippen LogP) is 6.14. The number of hydrogen-bond donors (Lipinski definition) is 0. The lowest BCUT2D eigenvalue weighted by Crippen LogP contribution is -2.50. The fraction of sp³-hybridized carbons (Fsp3) is 0.423. The van der Waals surface area contributed by atoms with Gasteiger partial charge in [0.2, 0.25) is 4.93 Å². The number of rotatable bonds is 7. The van der Waals surface area contributed by atoms with Crippen molar-refractivity contribution in [1.29, 1.82) is 0 Å². The highest BCUT2D eigenvalue weighted by molar-refractivity contribution is 7.92. The van der Waals surface area contributed by atoms with Gasteiger partial charge in [0.1, 0.15) is 6.33 Å². The van der Waals surface area contributed by atoms with Crippen LogP contribution in [0.2, 0.25) is 25.7 Å². The molecule has 0 saturated carbocycles. The molecule has 1 aliphatic heterocycles. The van der Waals surface area contributed by atoms with Crippen molar-refractivity contribution < 1.29 is 17.9 Å². The number of esters is 1. The minimum Gasteiger partial charge on any atom is -0.437 e. The van der Waals surface area contributed by atoms with E-state index in [1.54, 1.807) is 12.4 Å². The summed E-state index contributed by atoms with van der Waals surface area (Å²) in [5.74, 6) is -0.771. The highest BCUT2D eigenvalue weighted by Gasteiger charge is 2.57. The normalized spacial score (nSPS) is 22.0. The highest BCUT2D eigenvalue weighted by Crippen LogP contribution is 2.51. The molecule has 2 aromatic heterocycles. The molecule has 0 radical (unpaired) electrons. The van der Waals surface area contributed by atoms with E-state index in [1.807, 2.05) is 36.4 Å². The second-order valence-electron chi connectivity index (χ2n) is 10.4. The number of benzene rings is 1. The van der Waals surface area contributed by atoms with E-state index in [4.69, 9.17) is 4.74 Å². The van der Waals surface area contributed by atoms with Crippen molar-refractivity contribution in [2.24, 2.45) is 5.92 Å². The first-order valence-electron chi connectivity index (χ1n) is 11.9. The highest BCUT2D eigenvalue weighted by atomic mass is 32.2. The van der Waals surface area contributed by atoms with Crippen molar-refractivity contribution in [3.63, 3.8) is 0 Å². The fourth-order valence-electron chi connectivity index (χ4n) is 4.78. The van der Waals surface area contributed by atoms with Gasteiger partial charge < -0.3 is 4.74 Å². The lowest BCUT2D eigenvalue weighted by atomic mass is 9.91. The lowest BCUT2D eigenvalue weighted by Gasteiger charge is -2.42. The van der Waals surface area contributed by atoms with Gasteiger partial charge in [0.25, 0.3) is 0 Å². The van der Waals surface area contributed by atoms with Gasteiger partial charge >= 0.3 is 5.97 Å². The molecule has 6 nitrogen and oxygen atoms in total. The SMILES string of the molecule is CC(=O)O[C@@]1(c2ccc(-c3ccc(-c4cncnc4)cc3)s2)C(CC[Si](C)(C)C)CCCS1(=O)=O. The van der Waals surface area contributed by atoms with Crippen LogP contribution in [0.15, 0.2) is 55.1 Å². The molecule has 1 aromatic carbocycles. The zero-order valence-electron chi connectivity index (χ0n) is 20.7. The van der Waals surface area contributed by atoms with Gasteiger partial charge in [-0.2, -0.15) is 0 Å². The third-order valence-corrected chi connectivity index (χ3v) is 12.1. The molecule has 0 bridgehead atoms. The van der Waals surface area contributed by atoms with E-state index in [-0.39, 0.29) is 11.7 Å². The summed E-state index contributed by atoms with van der Waals surface area (Å²) in [4.78, 5) is 20.4. The van der Waals surface area contributed by atoms with Crippen molar-refractivity contribution in [3.05, 3.63) is 60.0 Å². The van der Waals surface area contributed by atoms with Gasteiger partial charge in [-0.15, -0.1) is 11.3 Å². The molecule has 1 aliphatic rings. The largest absolute Gasteiger partial charge is 0.437 e. The summed E-state index contributed by atoms with van der Waals surface area (Å²) in [6.07, 6.45) is 7.11. The molecule has 1 saturated heterocycles. The standard InChI is InChI=1S/C26H32N2O4S2Si/c1-19(29)32-26(23(13-15-35(2,3)4)6-5-14-34(26,30)31)25-12-11-24(33-25)21-9-7-20(8-10-21)22-16-27-18-28-17-22/h7-12,16-18,23H,5-6,13-15H2,1-4H3/t23?,26-/m0/s1. The maximum absolute atomic E-state index is 13.7. The van der Waals surface area contributed by atoms with Crippen molar-refractivity contribution in [3.8, 4) is 21.6 Å². The van der Waals surface area contributed by atoms with Crippen molar-refractivity contribution in [2.75, 3.05) is 5.75 Å². The molecular weight excluding hydrogens is 497 g/mol. The average Bonchev–Trinajstić information content (AvgIpc) is 3.30. The summed E-state index contributed by atoms with van der Waals surface area (Å²) in [6, 6.07) is 12.8. The monoisotopic (exact) mass is 528 g/mol. The summed E-state index contributed by atoms with van der Waals surface area (Å²) in [7, 11) is -5.11. The zero-order chi connectivity index (χ0) is 25.3. The molecule has 0 spiro atoms. The van der Waals surface area contributed by atoms with Crippen LogP contribution in [0.3, 0.4) is 0 Å². The Balaban J connectivity index is 1.73. The summed E-state index contributed by atoms with van der Waals surface area (Å²) in [5, 5.41) is 0. The summed E-state index contributed by atoms with van der Waals surface area (Å²) in [6.45, 7) is 8.16. The molecule has 0 N–H and O–H groups in total. The van der Waals surface area contributed by atoms with Crippen molar-refractivity contribution >= 4 is 35.2 Å². The van der Waals surface area contributed by atoms with Crippen LogP contribution in [-0.2, 0) is 24.3 Å². The molecule has 186 valence electrons. The first-order valence-corrected chi connectivity index (χ1v) is 18.1. The van der Waals surface area contributed by atoms with Crippen molar-refractivity contribution in [1.82, 2.24) is 9.97 Å². The molecule has 0 amide bonds. The second-order valence-corrected chi connectivity index (χ2v) is 19.3. The number of hydrogen-bond acceptors (Lipinski definition) is 7. The Bertz CT molecular complexity index is 1280. The van der Waals surface area contributed by atoms with Crippen LogP contribution in [-0.4, -0.2) is 38.2 Å². The van der Waals surface area contributed by atoms with Gasteiger partial charge in [-0.25, -0.2) is 18.4 Å². The number of aromatic nitrogens is 2. The van der Waals surface area contributed by atoms with E-state index in [9.17, 15) is 13.2 Å². The minimum absolute atomic E-state index is 0.0325. The fourth-order valence-corrected chi connectivity index (χ4v) is 9.82. The summed E-state index contributed by atoms with van der Waals surface area (Å²) < 4.78 is 33.2. The second kappa shape index (κ2) is 9.95. The molecule has 3 heterocycles. The van der Waals surface area contributed by atoms with Crippen LogP contribution < -0.4 is 0 Å². The van der Waals surface area contributed by atoms with E-state index < -0.39 is 28.8 Å². The van der Waals surface area contributed by atoms with Gasteiger partial charge in [0.15, 0.2) is 9.84 Å². The Morgan fingerprint density at radius 3 is 2.34 bits per heavy atom. The van der Waals surface area contributed by atoms with E-state index in [0.29, 0.717) is 11.3 Å². The Hall–Kier alpha value is -2.36. The van der Waals surface area contributed by atoms with Gasteiger partial charge in [-0.1, -0.05) is 50.0 Å². The Morgan fingerprint density at radius 2 is 1.71 bits per heavy atom. The smallest absolute Gasteiger partial charge is 0.304 e. The van der Waals surface area contributed by atoms with Gasteiger partial charge in [0.05, 0.1) is 10.6 Å². The molecule has 1 fully saturated rings. The summed E-state index contributed by atoms with van der Waals surface area (Å²) >= 11 is 1.40. The number of carbonyl (C=O) groups excluding carboxylic acids is 1. The van der Waals surface area contributed by atoms with E-state index >= 15 is 0 Å². The zero-order valence-corrected chi connectivity index (χ0v) is 23.3. The number of carbonyl (C=O) groups is 1. The van der Waals surface area contributed by atoms with Gasteiger partial charge in [-0.3, -0.25) is 4.79 Å². The molecule has 1 unspecified atom stereocenters. The first kappa shape index (κ1) is 25.7. The van der Waals surface area contributed by atoms with E-state index in [0.717, 1.165) is 40.5 Å². The Kier molecular flexibility index (Phi) is 7.31. The van der Waals surface area contributed by atoms with E-state index in [2.05, 4.69) is 29.6 Å². The third-order valence-electron chi connectivity index (χ3n) is 6.52. The molecule has 3 aromatic rings. The third kappa shape index (κ3) is 5.41. The predicted molar refractivity (Wildman–Crippen MR) is 144 cm³/mol. The molecule has 35 heavy (non-hydrogen) atoms.